The molecule has 0 radical (unpaired) electrons. The lowest BCUT2D eigenvalue weighted by molar-refractivity contribution is -0.115. The molecule has 0 atom stereocenters. The van der Waals surface area contributed by atoms with Gasteiger partial charge in [-0.1, -0.05) is 34.5 Å². The molecular formula is C14H12Cl2N4O2S. The summed E-state index contributed by atoms with van der Waals surface area (Å²) in [5.74, 6) is -0.329. The van der Waals surface area contributed by atoms with E-state index in [1.807, 2.05) is 0 Å². The number of rotatable bonds is 5. The van der Waals surface area contributed by atoms with Crippen LogP contribution in [0.5, 0.6) is 0 Å². The summed E-state index contributed by atoms with van der Waals surface area (Å²) in [4.78, 5) is 23.8. The van der Waals surface area contributed by atoms with E-state index in [1.54, 1.807) is 6.07 Å². The number of aromatic nitrogens is 2. The summed E-state index contributed by atoms with van der Waals surface area (Å²) in [6.07, 6.45) is 2.25. The van der Waals surface area contributed by atoms with Crippen LogP contribution in [0.2, 0.25) is 10.0 Å². The monoisotopic (exact) mass is 370 g/mol. The standard InChI is InChI=1S/C14H12Cl2N4O2S/c15-8-3-4-9(10(16)5-8)12(22)17-6-11(21)18-14-20-19-13(23-14)7-1-2-7/h3-5,7H,1-2,6H2,(H,17,22)(H,18,20,21). The summed E-state index contributed by atoms with van der Waals surface area (Å²) in [5, 5.41) is 15.1. The number of anilines is 1. The third-order valence-corrected chi connectivity index (χ3v) is 4.75. The van der Waals surface area contributed by atoms with E-state index in [-0.39, 0.29) is 23.0 Å². The Hall–Kier alpha value is -1.70. The second kappa shape index (κ2) is 6.82. The van der Waals surface area contributed by atoms with Crippen molar-refractivity contribution in [3.63, 3.8) is 0 Å². The third kappa shape index (κ3) is 4.19. The van der Waals surface area contributed by atoms with E-state index in [0.717, 1.165) is 17.8 Å². The predicted molar refractivity (Wildman–Crippen MR) is 89.3 cm³/mol. The molecule has 120 valence electrons. The average molecular weight is 371 g/mol. The van der Waals surface area contributed by atoms with Crippen molar-refractivity contribution >= 4 is 51.5 Å². The maximum atomic E-state index is 12.0. The Morgan fingerprint density at radius 3 is 2.74 bits per heavy atom. The molecule has 0 spiro atoms. The molecule has 1 aliphatic rings. The lowest BCUT2D eigenvalue weighted by Gasteiger charge is -2.06. The first-order chi connectivity index (χ1) is 11.0. The topological polar surface area (TPSA) is 84.0 Å². The number of hydrogen-bond acceptors (Lipinski definition) is 5. The van der Waals surface area contributed by atoms with Crippen molar-refractivity contribution < 1.29 is 9.59 Å². The van der Waals surface area contributed by atoms with Crippen molar-refractivity contribution in [1.29, 1.82) is 0 Å². The molecule has 23 heavy (non-hydrogen) atoms. The van der Waals surface area contributed by atoms with E-state index in [4.69, 9.17) is 23.2 Å². The number of nitrogens with one attached hydrogen (secondary N) is 2. The number of halogens is 2. The van der Waals surface area contributed by atoms with Gasteiger partial charge in [0.2, 0.25) is 11.0 Å². The van der Waals surface area contributed by atoms with Gasteiger partial charge in [-0.05, 0) is 31.0 Å². The molecule has 3 rings (SSSR count). The van der Waals surface area contributed by atoms with Gasteiger partial charge in [-0.2, -0.15) is 0 Å². The van der Waals surface area contributed by atoms with Gasteiger partial charge in [-0.3, -0.25) is 14.9 Å². The molecule has 0 saturated heterocycles. The normalized spacial score (nSPS) is 13.7. The maximum Gasteiger partial charge on any atom is 0.253 e. The van der Waals surface area contributed by atoms with Crippen LogP contribution in [0.3, 0.4) is 0 Å². The number of nitrogens with zero attached hydrogens (tertiary/aromatic N) is 2. The van der Waals surface area contributed by atoms with Gasteiger partial charge in [0.15, 0.2) is 0 Å². The molecule has 0 bridgehead atoms. The fourth-order valence-electron chi connectivity index (χ4n) is 1.87. The Labute approximate surface area is 146 Å². The molecule has 0 aliphatic heterocycles. The third-order valence-electron chi connectivity index (χ3n) is 3.20. The minimum absolute atomic E-state index is 0.184. The minimum atomic E-state index is -0.447. The van der Waals surface area contributed by atoms with E-state index in [9.17, 15) is 9.59 Å². The van der Waals surface area contributed by atoms with Crippen molar-refractivity contribution in [2.45, 2.75) is 18.8 Å². The largest absolute Gasteiger partial charge is 0.343 e. The second-order valence-electron chi connectivity index (χ2n) is 5.07. The zero-order valence-electron chi connectivity index (χ0n) is 11.8. The fourth-order valence-corrected chi connectivity index (χ4v) is 3.30. The predicted octanol–water partition coefficient (Wildman–Crippen LogP) is 3.09. The van der Waals surface area contributed by atoms with Crippen molar-refractivity contribution in [1.82, 2.24) is 15.5 Å². The van der Waals surface area contributed by atoms with Crippen LogP contribution in [-0.2, 0) is 4.79 Å². The Bertz CT molecular complexity index is 761. The first-order valence-electron chi connectivity index (χ1n) is 6.89. The van der Waals surface area contributed by atoms with Crippen molar-refractivity contribution in [3.8, 4) is 0 Å². The number of amides is 2. The summed E-state index contributed by atoms with van der Waals surface area (Å²) in [6, 6.07) is 4.53. The van der Waals surface area contributed by atoms with Gasteiger partial charge in [0, 0.05) is 10.9 Å². The van der Waals surface area contributed by atoms with E-state index in [1.165, 1.54) is 23.5 Å². The van der Waals surface area contributed by atoms with Crippen LogP contribution < -0.4 is 10.6 Å². The molecule has 2 amide bonds. The Kier molecular flexibility index (Phi) is 4.79. The molecule has 1 fully saturated rings. The van der Waals surface area contributed by atoms with Crippen LogP contribution in [0.4, 0.5) is 5.13 Å². The number of hydrogen-bond donors (Lipinski definition) is 2. The maximum absolute atomic E-state index is 12.0. The van der Waals surface area contributed by atoms with Gasteiger partial charge < -0.3 is 5.32 Å². The quantitative estimate of drug-likeness (QED) is 0.846. The molecule has 1 aliphatic carbocycles. The molecule has 0 unspecified atom stereocenters. The van der Waals surface area contributed by atoms with E-state index >= 15 is 0 Å². The zero-order chi connectivity index (χ0) is 16.4. The minimum Gasteiger partial charge on any atom is -0.343 e. The molecule has 2 aromatic rings. The van der Waals surface area contributed by atoms with E-state index < -0.39 is 5.91 Å². The second-order valence-corrected chi connectivity index (χ2v) is 6.93. The number of benzene rings is 1. The van der Waals surface area contributed by atoms with Crippen molar-refractivity contribution in [3.05, 3.63) is 38.8 Å². The highest BCUT2D eigenvalue weighted by molar-refractivity contribution is 7.15. The lowest BCUT2D eigenvalue weighted by Crippen LogP contribution is -2.33. The molecule has 1 heterocycles. The highest BCUT2D eigenvalue weighted by Gasteiger charge is 2.27. The summed E-state index contributed by atoms with van der Waals surface area (Å²) in [7, 11) is 0. The fraction of sp³-hybridized carbons (Fsp3) is 0.286. The van der Waals surface area contributed by atoms with E-state index in [0.29, 0.717) is 16.1 Å². The highest BCUT2D eigenvalue weighted by atomic mass is 35.5. The molecule has 1 saturated carbocycles. The Morgan fingerprint density at radius 1 is 1.26 bits per heavy atom. The Morgan fingerprint density at radius 2 is 2.04 bits per heavy atom. The van der Waals surface area contributed by atoms with Gasteiger partial charge in [-0.15, -0.1) is 10.2 Å². The van der Waals surface area contributed by atoms with Crippen molar-refractivity contribution in [2.75, 3.05) is 11.9 Å². The Balaban J connectivity index is 1.52. The summed E-state index contributed by atoms with van der Waals surface area (Å²) in [5.41, 5.74) is 0.260. The highest BCUT2D eigenvalue weighted by Crippen LogP contribution is 2.41. The van der Waals surface area contributed by atoms with Gasteiger partial charge in [-0.25, -0.2) is 0 Å². The van der Waals surface area contributed by atoms with Gasteiger partial charge in [0.05, 0.1) is 17.1 Å². The van der Waals surface area contributed by atoms with Crippen LogP contribution in [0.15, 0.2) is 18.2 Å². The van der Waals surface area contributed by atoms with Crippen LogP contribution in [0.25, 0.3) is 0 Å². The van der Waals surface area contributed by atoms with Crippen molar-refractivity contribution in [2.24, 2.45) is 0 Å². The number of carbonyl (C=O) groups is 2. The van der Waals surface area contributed by atoms with Crippen LogP contribution in [-0.4, -0.2) is 28.6 Å². The van der Waals surface area contributed by atoms with Gasteiger partial charge in [0.1, 0.15) is 5.01 Å². The number of carbonyl (C=O) groups excluding carboxylic acids is 2. The molecule has 2 N–H and O–H groups in total. The summed E-state index contributed by atoms with van der Waals surface area (Å²) >= 11 is 13.1. The van der Waals surface area contributed by atoms with Crippen LogP contribution >= 0.6 is 34.5 Å². The lowest BCUT2D eigenvalue weighted by atomic mass is 10.2. The average Bonchev–Trinajstić information content (AvgIpc) is 3.25. The van der Waals surface area contributed by atoms with Crippen LogP contribution in [0, 0.1) is 0 Å². The SMILES string of the molecule is O=C(CNC(=O)c1ccc(Cl)cc1Cl)Nc1nnc(C2CC2)s1. The molecule has 1 aromatic heterocycles. The van der Waals surface area contributed by atoms with Gasteiger partial charge in [0.25, 0.3) is 5.91 Å². The first kappa shape index (κ1) is 16.2. The van der Waals surface area contributed by atoms with E-state index in [2.05, 4.69) is 20.8 Å². The summed E-state index contributed by atoms with van der Waals surface area (Å²) < 4.78 is 0. The zero-order valence-corrected chi connectivity index (χ0v) is 14.1. The molecular weight excluding hydrogens is 359 g/mol. The van der Waals surface area contributed by atoms with Gasteiger partial charge >= 0.3 is 0 Å². The van der Waals surface area contributed by atoms with Crippen LogP contribution in [0.1, 0.15) is 34.1 Å². The molecule has 1 aromatic carbocycles. The summed E-state index contributed by atoms with van der Waals surface area (Å²) in [6.45, 7) is -0.184. The first-order valence-corrected chi connectivity index (χ1v) is 8.46. The molecule has 6 nitrogen and oxygen atoms in total. The molecule has 9 heteroatoms. The smallest absolute Gasteiger partial charge is 0.253 e.